The number of rotatable bonds is 4. The van der Waals surface area contributed by atoms with E-state index in [1.54, 1.807) is 18.6 Å². The lowest BCUT2D eigenvalue weighted by Crippen LogP contribution is -2.43. The van der Waals surface area contributed by atoms with Gasteiger partial charge in [0.05, 0.1) is 11.9 Å². The molecule has 0 saturated carbocycles. The monoisotopic (exact) mass is 315 g/mol. The molecule has 7 nitrogen and oxygen atoms in total. The number of carbonyl (C=O) groups excluding carboxylic acids is 2. The first-order valence-electron chi connectivity index (χ1n) is 7.88. The molecule has 2 N–H and O–H groups in total. The van der Waals surface area contributed by atoms with E-state index in [2.05, 4.69) is 23.8 Å². The molecule has 0 aromatic carbocycles. The van der Waals surface area contributed by atoms with Crippen LogP contribution in [0.5, 0.6) is 0 Å². The standard InChI is InChI=1S/C16H21N5O2/c1-10(2)8-20-9-19-12-6-11(7-18-15(12)20)16(23)21-5-3-4-13(21)14(17)22/h6-7,9-10,13H,3-5,8H2,1-2H3,(H2,17,22)/t13-/m0/s1. The van der Waals surface area contributed by atoms with Gasteiger partial charge in [0.15, 0.2) is 5.65 Å². The molecule has 3 heterocycles. The van der Waals surface area contributed by atoms with Gasteiger partial charge >= 0.3 is 0 Å². The molecule has 2 aromatic rings. The van der Waals surface area contributed by atoms with E-state index in [0.717, 1.165) is 18.6 Å². The Morgan fingerprint density at radius 1 is 1.39 bits per heavy atom. The fraction of sp³-hybridized carbons (Fsp3) is 0.500. The predicted molar refractivity (Wildman–Crippen MR) is 85.6 cm³/mol. The van der Waals surface area contributed by atoms with Crippen LogP contribution in [0.25, 0.3) is 11.2 Å². The SMILES string of the molecule is CC(C)Cn1cnc2cc(C(=O)N3CCC[C@H]3C(N)=O)cnc21. The summed E-state index contributed by atoms with van der Waals surface area (Å²) in [4.78, 5) is 34.4. The van der Waals surface area contributed by atoms with Gasteiger partial charge in [-0.25, -0.2) is 9.97 Å². The van der Waals surface area contributed by atoms with E-state index in [1.807, 2.05) is 4.57 Å². The maximum Gasteiger partial charge on any atom is 0.256 e. The van der Waals surface area contributed by atoms with Crippen molar-refractivity contribution >= 4 is 23.0 Å². The average molecular weight is 315 g/mol. The van der Waals surface area contributed by atoms with Crippen LogP contribution in [0.3, 0.4) is 0 Å². The molecule has 0 unspecified atom stereocenters. The van der Waals surface area contributed by atoms with Crippen LogP contribution in [0.4, 0.5) is 0 Å². The van der Waals surface area contributed by atoms with E-state index in [4.69, 9.17) is 5.73 Å². The van der Waals surface area contributed by atoms with Crippen molar-refractivity contribution in [1.29, 1.82) is 0 Å². The first-order valence-corrected chi connectivity index (χ1v) is 7.88. The molecule has 1 aliphatic rings. The van der Waals surface area contributed by atoms with Crippen molar-refractivity contribution in [3.05, 3.63) is 24.2 Å². The number of primary amides is 1. The topological polar surface area (TPSA) is 94.1 Å². The van der Waals surface area contributed by atoms with E-state index >= 15 is 0 Å². The highest BCUT2D eigenvalue weighted by molar-refractivity contribution is 5.99. The first kappa shape index (κ1) is 15.5. The second-order valence-corrected chi connectivity index (χ2v) is 6.42. The molecule has 3 rings (SSSR count). The number of hydrogen-bond acceptors (Lipinski definition) is 4. The van der Waals surface area contributed by atoms with Gasteiger partial charge in [-0.1, -0.05) is 13.8 Å². The summed E-state index contributed by atoms with van der Waals surface area (Å²) < 4.78 is 1.98. The van der Waals surface area contributed by atoms with Crippen molar-refractivity contribution in [2.24, 2.45) is 11.7 Å². The summed E-state index contributed by atoms with van der Waals surface area (Å²) in [6.45, 7) is 5.63. The largest absolute Gasteiger partial charge is 0.368 e. The maximum absolute atomic E-state index is 12.6. The number of fused-ring (bicyclic) bond motifs is 1. The molecule has 1 aliphatic heterocycles. The number of imidazole rings is 1. The molecule has 0 radical (unpaired) electrons. The minimum absolute atomic E-state index is 0.209. The molecule has 0 spiro atoms. The molecular weight excluding hydrogens is 294 g/mol. The summed E-state index contributed by atoms with van der Waals surface area (Å²) in [7, 11) is 0. The maximum atomic E-state index is 12.6. The molecule has 0 bridgehead atoms. The fourth-order valence-electron chi connectivity index (χ4n) is 3.06. The van der Waals surface area contributed by atoms with E-state index < -0.39 is 11.9 Å². The lowest BCUT2D eigenvalue weighted by Gasteiger charge is -2.22. The van der Waals surface area contributed by atoms with Crippen molar-refractivity contribution < 1.29 is 9.59 Å². The van der Waals surface area contributed by atoms with Crippen molar-refractivity contribution in [2.75, 3.05) is 6.54 Å². The van der Waals surface area contributed by atoms with Gasteiger partial charge in [0, 0.05) is 19.3 Å². The Balaban J connectivity index is 1.88. The third kappa shape index (κ3) is 2.91. The number of hydrogen-bond donors (Lipinski definition) is 1. The molecule has 2 amide bonds. The van der Waals surface area contributed by atoms with Crippen molar-refractivity contribution in [2.45, 2.75) is 39.3 Å². The molecule has 2 aromatic heterocycles. The van der Waals surface area contributed by atoms with Gasteiger partial charge in [-0.05, 0) is 24.8 Å². The predicted octanol–water partition coefficient (Wildman–Crippen LogP) is 1.18. The summed E-state index contributed by atoms with van der Waals surface area (Å²) >= 11 is 0. The molecular formula is C16H21N5O2. The Bertz CT molecular complexity index is 752. The normalized spacial score (nSPS) is 18.0. The van der Waals surface area contributed by atoms with Gasteiger partial charge < -0.3 is 15.2 Å². The van der Waals surface area contributed by atoms with Crippen molar-refractivity contribution in [3.8, 4) is 0 Å². The lowest BCUT2D eigenvalue weighted by molar-refractivity contribution is -0.121. The Morgan fingerprint density at radius 3 is 2.87 bits per heavy atom. The molecule has 23 heavy (non-hydrogen) atoms. The minimum atomic E-state index is -0.517. The van der Waals surface area contributed by atoms with Crippen molar-refractivity contribution in [3.63, 3.8) is 0 Å². The minimum Gasteiger partial charge on any atom is -0.368 e. The van der Waals surface area contributed by atoms with Crippen LogP contribution in [0.1, 0.15) is 37.0 Å². The molecule has 0 aliphatic carbocycles. The summed E-state index contributed by atoms with van der Waals surface area (Å²) in [6, 6.07) is 1.22. The summed E-state index contributed by atoms with van der Waals surface area (Å²) in [5.74, 6) is -0.179. The van der Waals surface area contributed by atoms with Gasteiger partial charge in [0.25, 0.3) is 5.91 Å². The smallest absolute Gasteiger partial charge is 0.256 e. The Labute approximate surface area is 134 Å². The van der Waals surface area contributed by atoms with Crippen LogP contribution in [-0.4, -0.2) is 43.8 Å². The van der Waals surface area contributed by atoms with E-state index in [1.165, 1.54) is 4.90 Å². The number of nitrogens with two attached hydrogens (primary N) is 1. The number of nitrogens with zero attached hydrogens (tertiary/aromatic N) is 4. The van der Waals surface area contributed by atoms with E-state index in [-0.39, 0.29) is 5.91 Å². The zero-order valence-corrected chi connectivity index (χ0v) is 13.4. The first-order chi connectivity index (χ1) is 11.0. The second-order valence-electron chi connectivity index (χ2n) is 6.42. The van der Waals surface area contributed by atoms with Gasteiger partial charge in [-0.2, -0.15) is 0 Å². The highest BCUT2D eigenvalue weighted by Gasteiger charge is 2.33. The Hall–Kier alpha value is -2.44. The van der Waals surface area contributed by atoms with E-state index in [0.29, 0.717) is 30.0 Å². The van der Waals surface area contributed by atoms with Gasteiger partial charge in [-0.15, -0.1) is 0 Å². The molecule has 1 saturated heterocycles. The fourth-order valence-corrected chi connectivity index (χ4v) is 3.06. The lowest BCUT2D eigenvalue weighted by atomic mass is 10.2. The van der Waals surface area contributed by atoms with Crippen LogP contribution < -0.4 is 5.73 Å². The number of likely N-dealkylation sites (tertiary alicyclic amines) is 1. The zero-order valence-electron chi connectivity index (χ0n) is 13.4. The van der Waals surface area contributed by atoms with Crippen LogP contribution in [0.2, 0.25) is 0 Å². The summed E-state index contributed by atoms with van der Waals surface area (Å²) in [6.07, 6.45) is 4.71. The van der Waals surface area contributed by atoms with Crippen LogP contribution in [0.15, 0.2) is 18.6 Å². The third-order valence-electron chi connectivity index (χ3n) is 4.11. The summed E-state index contributed by atoms with van der Waals surface area (Å²) in [5, 5.41) is 0. The number of pyridine rings is 1. The quantitative estimate of drug-likeness (QED) is 0.916. The molecule has 1 fully saturated rings. The molecule has 1 atom stereocenters. The Morgan fingerprint density at radius 2 is 2.17 bits per heavy atom. The number of aromatic nitrogens is 3. The third-order valence-corrected chi connectivity index (χ3v) is 4.11. The highest BCUT2D eigenvalue weighted by atomic mass is 16.2. The summed E-state index contributed by atoms with van der Waals surface area (Å²) in [5.41, 5.74) is 7.28. The van der Waals surface area contributed by atoms with Gasteiger partial charge in [0.2, 0.25) is 5.91 Å². The number of carbonyl (C=O) groups is 2. The van der Waals surface area contributed by atoms with Crippen molar-refractivity contribution in [1.82, 2.24) is 19.4 Å². The van der Waals surface area contributed by atoms with E-state index in [9.17, 15) is 9.59 Å². The second kappa shape index (κ2) is 5.98. The van der Waals surface area contributed by atoms with Crippen LogP contribution >= 0.6 is 0 Å². The zero-order chi connectivity index (χ0) is 16.6. The molecule has 122 valence electrons. The Kier molecular flexibility index (Phi) is 4.02. The van der Waals surface area contributed by atoms with Gasteiger partial charge in [-0.3, -0.25) is 9.59 Å². The molecule has 7 heteroatoms. The van der Waals surface area contributed by atoms with Crippen LogP contribution in [-0.2, 0) is 11.3 Å². The number of amides is 2. The average Bonchev–Trinajstić information content (AvgIpc) is 3.13. The van der Waals surface area contributed by atoms with Gasteiger partial charge in [0.1, 0.15) is 11.6 Å². The highest BCUT2D eigenvalue weighted by Crippen LogP contribution is 2.21. The van der Waals surface area contributed by atoms with Crippen LogP contribution in [0, 0.1) is 5.92 Å².